The van der Waals surface area contributed by atoms with Gasteiger partial charge < -0.3 is 19.5 Å². The van der Waals surface area contributed by atoms with Crippen LogP contribution in [0.25, 0.3) is 6.08 Å². The van der Waals surface area contributed by atoms with Crippen LogP contribution in [0.3, 0.4) is 0 Å². The molecule has 30 heavy (non-hydrogen) atoms. The zero-order valence-electron chi connectivity index (χ0n) is 18.6. The molecule has 2 saturated heterocycles. The molecule has 2 aliphatic heterocycles. The van der Waals surface area contributed by atoms with E-state index >= 15 is 0 Å². The summed E-state index contributed by atoms with van der Waals surface area (Å²) in [4.78, 5) is 15.1. The number of nitrogens with zero attached hydrogens (tertiary/aromatic N) is 1. The maximum Gasteiger partial charge on any atom is 0.244 e. The Morgan fingerprint density at radius 1 is 1.20 bits per heavy atom. The molecular weight excluding hydrogens is 380 g/mol. The smallest absolute Gasteiger partial charge is 0.244 e. The van der Waals surface area contributed by atoms with Crippen molar-refractivity contribution in [1.82, 2.24) is 10.2 Å². The van der Waals surface area contributed by atoms with Crippen LogP contribution in [0.4, 0.5) is 0 Å². The number of likely N-dealkylation sites (tertiary alicyclic amines) is 1. The van der Waals surface area contributed by atoms with Gasteiger partial charge in [-0.15, -0.1) is 0 Å². The lowest BCUT2D eigenvalue weighted by molar-refractivity contribution is -0.118. The Morgan fingerprint density at radius 2 is 1.93 bits per heavy atom. The Bertz CT molecular complexity index is 720. The van der Waals surface area contributed by atoms with E-state index in [4.69, 9.17) is 14.2 Å². The van der Waals surface area contributed by atoms with Gasteiger partial charge in [0.25, 0.3) is 0 Å². The summed E-state index contributed by atoms with van der Waals surface area (Å²) in [6.45, 7) is 8.41. The first-order valence-corrected chi connectivity index (χ1v) is 11.2. The lowest BCUT2D eigenvalue weighted by atomic mass is 9.86. The standard InChI is InChI=1S/C24H36N2O4/c1-19(2)30-21-9-7-20(17-22(21)28-3)8-10-23(27)25-18-24(11-15-29-16-12-24)26-13-5-4-6-14-26/h7-10,17,19H,4-6,11-16,18H2,1-3H3,(H,25,27). The molecule has 1 amide bonds. The summed E-state index contributed by atoms with van der Waals surface area (Å²) >= 11 is 0. The zero-order chi connectivity index (χ0) is 21.4. The number of hydrogen-bond acceptors (Lipinski definition) is 5. The average molecular weight is 417 g/mol. The Kier molecular flexibility index (Phi) is 8.16. The second kappa shape index (κ2) is 10.8. The third kappa shape index (κ3) is 5.99. The van der Waals surface area contributed by atoms with Crippen LogP contribution in [0, 0.1) is 0 Å². The molecule has 1 N–H and O–H groups in total. The zero-order valence-corrected chi connectivity index (χ0v) is 18.6. The lowest BCUT2D eigenvalue weighted by Gasteiger charge is -2.48. The summed E-state index contributed by atoms with van der Waals surface area (Å²) in [6.07, 6.45) is 9.24. The fourth-order valence-electron chi connectivity index (χ4n) is 4.35. The van der Waals surface area contributed by atoms with Crippen molar-refractivity contribution in [3.8, 4) is 11.5 Å². The van der Waals surface area contributed by atoms with Gasteiger partial charge in [-0.25, -0.2) is 0 Å². The van der Waals surface area contributed by atoms with Crippen molar-refractivity contribution in [2.45, 2.75) is 57.6 Å². The first kappa shape index (κ1) is 22.6. The molecule has 0 aliphatic carbocycles. The molecule has 0 saturated carbocycles. The van der Waals surface area contributed by atoms with Gasteiger partial charge in [0.15, 0.2) is 11.5 Å². The first-order chi connectivity index (χ1) is 14.5. The number of rotatable bonds is 8. The Balaban J connectivity index is 1.60. The van der Waals surface area contributed by atoms with E-state index in [2.05, 4.69) is 10.2 Å². The molecule has 2 aliphatic rings. The van der Waals surface area contributed by atoms with Crippen LogP contribution >= 0.6 is 0 Å². The highest BCUT2D eigenvalue weighted by atomic mass is 16.5. The van der Waals surface area contributed by atoms with Crippen molar-refractivity contribution >= 4 is 12.0 Å². The van der Waals surface area contributed by atoms with Crippen molar-refractivity contribution in [1.29, 1.82) is 0 Å². The van der Waals surface area contributed by atoms with Gasteiger partial charge in [0.05, 0.1) is 13.2 Å². The maximum absolute atomic E-state index is 12.5. The second-order valence-electron chi connectivity index (χ2n) is 8.51. The summed E-state index contributed by atoms with van der Waals surface area (Å²) in [6, 6.07) is 5.69. The van der Waals surface area contributed by atoms with E-state index in [9.17, 15) is 4.79 Å². The van der Waals surface area contributed by atoms with E-state index in [-0.39, 0.29) is 17.6 Å². The highest BCUT2D eigenvalue weighted by molar-refractivity contribution is 5.91. The Morgan fingerprint density at radius 3 is 2.60 bits per heavy atom. The quantitative estimate of drug-likeness (QED) is 0.656. The SMILES string of the molecule is COc1cc(C=CC(=O)NCC2(N3CCCCC3)CCOCC2)ccc1OC(C)C. The summed E-state index contributed by atoms with van der Waals surface area (Å²) in [5.41, 5.74) is 0.927. The minimum absolute atomic E-state index is 0.0290. The molecule has 2 fully saturated rings. The summed E-state index contributed by atoms with van der Waals surface area (Å²) in [5, 5.41) is 3.15. The molecule has 0 atom stereocenters. The molecule has 0 spiro atoms. The molecule has 0 unspecified atom stereocenters. The predicted molar refractivity (Wildman–Crippen MR) is 119 cm³/mol. The van der Waals surface area contributed by atoms with Crippen LogP contribution in [0.1, 0.15) is 51.5 Å². The second-order valence-corrected chi connectivity index (χ2v) is 8.51. The molecule has 6 heteroatoms. The summed E-state index contributed by atoms with van der Waals surface area (Å²) in [5.74, 6) is 1.30. The number of ether oxygens (including phenoxy) is 3. The number of nitrogens with one attached hydrogen (secondary N) is 1. The van der Waals surface area contributed by atoms with Crippen LogP contribution in [-0.4, -0.2) is 62.4 Å². The lowest BCUT2D eigenvalue weighted by Crippen LogP contribution is -2.59. The van der Waals surface area contributed by atoms with Crippen molar-refractivity contribution in [3.63, 3.8) is 0 Å². The molecule has 166 valence electrons. The average Bonchev–Trinajstić information content (AvgIpc) is 2.78. The van der Waals surface area contributed by atoms with Gasteiger partial charge in [0.1, 0.15) is 0 Å². The molecule has 3 rings (SSSR count). The number of hydrogen-bond donors (Lipinski definition) is 1. The van der Waals surface area contributed by atoms with Crippen LogP contribution < -0.4 is 14.8 Å². The summed E-state index contributed by atoms with van der Waals surface area (Å²) in [7, 11) is 1.62. The van der Waals surface area contributed by atoms with Gasteiger partial charge in [0, 0.05) is 31.4 Å². The van der Waals surface area contributed by atoms with E-state index in [0.717, 1.165) is 44.7 Å². The number of amides is 1. The van der Waals surface area contributed by atoms with Gasteiger partial charge >= 0.3 is 0 Å². The molecule has 1 aromatic carbocycles. The largest absolute Gasteiger partial charge is 0.493 e. The minimum Gasteiger partial charge on any atom is -0.493 e. The number of carbonyl (C=O) groups is 1. The fourth-order valence-corrected chi connectivity index (χ4v) is 4.35. The Labute approximate surface area is 180 Å². The van der Waals surface area contributed by atoms with Crippen molar-refractivity contribution < 1.29 is 19.0 Å². The predicted octanol–water partition coefficient (Wildman–Crippen LogP) is 3.65. The van der Waals surface area contributed by atoms with E-state index in [1.165, 1.54) is 19.3 Å². The number of piperidine rings is 1. The van der Waals surface area contributed by atoms with E-state index < -0.39 is 0 Å². The number of carbonyl (C=O) groups excluding carboxylic acids is 1. The molecule has 1 aromatic rings. The number of methoxy groups -OCH3 is 1. The van der Waals surface area contributed by atoms with Crippen molar-refractivity contribution in [2.75, 3.05) is 40.0 Å². The van der Waals surface area contributed by atoms with Gasteiger partial charge in [0.2, 0.25) is 5.91 Å². The van der Waals surface area contributed by atoms with Crippen LogP contribution in [-0.2, 0) is 9.53 Å². The van der Waals surface area contributed by atoms with E-state index in [0.29, 0.717) is 18.0 Å². The highest BCUT2D eigenvalue weighted by Crippen LogP contribution is 2.31. The van der Waals surface area contributed by atoms with Gasteiger partial charge in [-0.1, -0.05) is 12.5 Å². The van der Waals surface area contributed by atoms with Gasteiger partial charge in [-0.05, 0) is 76.4 Å². The summed E-state index contributed by atoms with van der Waals surface area (Å²) < 4.78 is 16.8. The van der Waals surface area contributed by atoms with Crippen LogP contribution in [0.2, 0.25) is 0 Å². The molecule has 0 radical (unpaired) electrons. The van der Waals surface area contributed by atoms with Crippen molar-refractivity contribution in [2.24, 2.45) is 0 Å². The monoisotopic (exact) mass is 416 g/mol. The fraction of sp³-hybridized carbons (Fsp3) is 0.625. The van der Waals surface area contributed by atoms with E-state index in [1.54, 1.807) is 13.2 Å². The molecule has 0 bridgehead atoms. The Hall–Kier alpha value is -2.05. The molecule has 0 aromatic heterocycles. The van der Waals surface area contributed by atoms with Crippen molar-refractivity contribution in [3.05, 3.63) is 29.8 Å². The third-order valence-corrected chi connectivity index (χ3v) is 6.02. The van der Waals surface area contributed by atoms with E-state index in [1.807, 2.05) is 38.1 Å². The third-order valence-electron chi connectivity index (χ3n) is 6.02. The number of benzene rings is 1. The topological polar surface area (TPSA) is 60.0 Å². The van der Waals surface area contributed by atoms with Gasteiger partial charge in [-0.3, -0.25) is 9.69 Å². The first-order valence-electron chi connectivity index (χ1n) is 11.2. The minimum atomic E-state index is -0.0700. The molecular formula is C24H36N2O4. The van der Waals surface area contributed by atoms with Crippen LogP contribution in [0.5, 0.6) is 11.5 Å². The van der Waals surface area contributed by atoms with Gasteiger partial charge in [-0.2, -0.15) is 0 Å². The maximum atomic E-state index is 12.5. The molecule has 6 nitrogen and oxygen atoms in total. The normalized spacial score (nSPS) is 19.7. The van der Waals surface area contributed by atoms with Crippen LogP contribution in [0.15, 0.2) is 24.3 Å². The molecule has 2 heterocycles. The highest BCUT2D eigenvalue weighted by Gasteiger charge is 2.38.